The molecular formula is C32H30CoLi2N8O10S2. The molecule has 4 rings (SSSR count). The Morgan fingerprint density at radius 1 is 0.600 bits per heavy atom. The van der Waals surface area contributed by atoms with Gasteiger partial charge in [-0.2, -0.15) is 0 Å². The Morgan fingerprint density at radius 2 is 0.909 bits per heavy atom. The number of allylic oxidation sites excluding steroid dienone is 2. The summed E-state index contributed by atoms with van der Waals surface area (Å²) in [6, 6.07) is 23.0. The molecule has 1 radical (unpaired) electrons. The second-order valence-corrected chi connectivity index (χ2v) is 13.4. The molecule has 18 nitrogen and oxygen atoms in total. The molecular weight excluding hydrogens is 793 g/mol. The number of phenols is 2. The number of amides is 2. The van der Waals surface area contributed by atoms with E-state index in [1.165, 1.54) is 0 Å². The number of phenolic OH excluding ortho intramolecular Hbond substituents is 2. The molecule has 0 aliphatic rings. The first-order valence-corrected chi connectivity index (χ1v) is 17.5. The average molecular weight is 824 g/mol. The molecule has 8 N–H and O–H groups in total. The fourth-order valence-electron chi connectivity index (χ4n) is 3.70. The number of carbonyl (C=O) groups excluding carboxylic acids is 2. The number of rotatable bonds is 10. The number of sulfonamides is 2. The first-order chi connectivity index (χ1) is 24.4. The summed E-state index contributed by atoms with van der Waals surface area (Å²) in [5.74, 6) is -3.71. The Morgan fingerprint density at radius 3 is 1.18 bits per heavy atom. The van der Waals surface area contributed by atoms with Crippen molar-refractivity contribution in [2.45, 2.75) is 23.6 Å². The number of nitrogens with one attached hydrogen (secondary N) is 2. The van der Waals surface area contributed by atoms with E-state index in [1.807, 2.05) is 0 Å². The second kappa shape index (κ2) is 22.6. The van der Waals surface area contributed by atoms with Crippen LogP contribution in [0.2, 0.25) is 0 Å². The molecule has 0 atom stereocenters. The summed E-state index contributed by atoms with van der Waals surface area (Å²) in [5, 5.41) is 72.1. The summed E-state index contributed by atoms with van der Waals surface area (Å²) in [5.41, 5.74) is -0.662. The van der Waals surface area contributed by atoms with Crippen LogP contribution in [0, 0.1) is 0 Å². The van der Waals surface area contributed by atoms with Gasteiger partial charge >= 0.3 is 37.7 Å². The van der Waals surface area contributed by atoms with E-state index in [4.69, 9.17) is 10.3 Å². The van der Waals surface area contributed by atoms with Gasteiger partial charge in [0, 0.05) is 28.2 Å². The number of hydrogen-bond acceptors (Lipinski definition) is 14. The standard InChI is InChI=1S/2C16H16N4O5S.Co.2Li/c2*1-10(21)15(16(23)18-11-5-3-2-4-6-11)20-19-13-9-12(26(17,24)25)7-8-14(13)22;;;/h2*2-9,21-22H,1H3,(H,18,23)(H2,17,24,25);;;/q;;;2*+1/p-2. The van der Waals surface area contributed by atoms with Crippen LogP contribution in [0.15, 0.2) is 150 Å². The molecule has 0 aliphatic carbocycles. The van der Waals surface area contributed by atoms with Gasteiger partial charge in [0.25, 0.3) is 11.8 Å². The zero-order valence-corrected chi connectivity index (χ0v) is 32.2. The molecule has 23 heteroatoms. The van der Waals surface area contributed by atoms with Crippen molar-refractivity contribution in [3.8, 4) is 11.5 Å². The van der Waals surface area contributed by atoms with Crippen molar-refractivity contribution in [2.24, 2.45) is 30.7 Å². The van der Waals surface area contributed by atoms with E-state index in [0.717, 1.165) is 50.2 Å². The van der Waals surface area contributed by atoms with Gasteiger partial charge in [-0.1, -0.05) is 50.2 Å². The third kappa shape index (κ3) is 15.8. The van der Waals surface area contributed by atoms with Crippen LogP contribution in [-0.2, 0) is 46.4 Å². The van der Waals surface area contributed by atoms with Crippen molar-refractivity contribution in [3.63, 3.8) is 0 Å². The Kier molecular flexibility index (Phi) is 20.6. The van der Waals surface area contributed by atoms with E-state index in [0.29, 0.717) is 11.4 Å². The number of benzene rings is 4. The second-order valence-electron chi connectivity index (χ2n) is 10.2. The van der Waals surface area contributed by atoms with Crippen molar-refractivity contribution in [2.75, 3.05) is 10.6 Å². The summed E-state index contributed by atoms with van der Waals surface area (Å²) < 4.78 is 45.4. The molecule has 0 saturated carbocycles. The van der Waals surface area contributed by atoms with Crippen LogP contribution in [0.1, 0.15) is 13.8 Å². The van der Waals surface area contributed by atoms with E-state index in [2.05, 4.69) is 31.1 Å². The zero-order chi connectivity index (χ0) is 38.6. The largest absolute Gasteiger partial charge is 1.00 e. The first kappa shape index (κ1) is 50.2. The first-order valence-electron chi connectivity index (χ1n) is 14.4. The molecule has 0 fully saturated rings. The van der Waals surface area contributed by atoms with Crippen LogP contribution in [0.5, 0.6) is 11.5 Å². The molecule has 0 aromatic heterocycles. The van der Waals surface area contributed by atoms with Crippen LogP contribution >= 0.6 is 0 Å². The number of anilines is 2. The summed E-state index contributed by atoms with van der Waals surface area (Å²) in [6.07, 6.45) is 0. The molecule has 4 aromatic rings. The van der Waals surface area contributed by atoms with Crippen molar-refractivity contribution in [3.05, 3.63) is 120 Å². The summed E-state index contributed by atoms with van der Waals surface area (Å²) >= 11 is 0. The number of carbonyl (C=O) groups is 2. The summed E-state index contributed by atoms with van der Waals surface area (Å²) in [4.78, 5) is 23.8. The van der Waals surface area contributed by atoms with E-state index < -0.39 is 66.3 Å². The maximum absolute atomic E-state index is 12.2. The van der Waals surface area contributed by atoms with Gasteiger partial charge in [-0.25, -0.2) is 27.1 Å². The predicted octanol–water partition coefficient (Wildman–Crippen LogP) is -3.29. The fraction of sp³-hybridized carbons (Fsp3) is 0.0625. The van der Waals surface area contributed by atoms with Gasteiger partial charge in [-0.15, -0.1) is 32.0 Å². The topological polar surface area (TPSA) is 315 Å². The van der Waals surface area contributed by atoms with E-state index in [1.54, 1.807) is 60.7 Å². The SMILES string of the molecule is CC([O-])=C(N=Nc1cc(S(N)(=O)=O)ccc1O)C(=O)Nc1ccccc1.CC([O-])=C(N=Nc1cc(S(N)(=O)=O)ccc1O)C(=O)Nc1ccccc1.[Co].[Li+].[Li+]. The van der Waals surface area contributed by atoms with Crippen molar-refractivity contribution in [1.82, 2.24) is 0 Å². The normalized spacial score (nSPS) is 12.0. The molecule has 0 spiro atoms. The van der Waals surface area contributed by atoms with E-state index in [9.17, 15) is 46.9 Å². The molecule has 0 unspecified atom stereocenters. The molecule has 2 amide bonds. The van der Waals surface area contributed by atoms with Gasteiger partial charge in [0.05, 0.1) is 9.79 Å². The number of nitrogens with two attached hydrogens (primary N) is 2. The molecule has 0 heterocycles. The van der Waals surface area contributed by atoms with Gasteiger partial charge in [0.1, 0.15) is 34.3 Å². The van der Waals surface area contributed by atoms with Gasteiger partial charge in [0.2, 0.25) is 20.0 Å². The van der Waals surface area contributed by atoms with E-state index >= 15 is 0 Å². The van der Waals surface area contributed by atoms with Crippen LogP contribution in [0.25, 0.3) is 0 Å². The molecule has 0 bridgehead atoms. The number of azo groups is 2. The fourth-order valence-corrected chi connectivity index (χ4v) is 4.77. The molecule has 281 valence electrons. The zero-order valence-electron chi connectivity index (χ0n) is 29.5. The van der Waals surface area contributed by atoms with Gasteiger partial charge < -0.3 is 31.1 Å². The summed E-state index contributed by atoms with van der Waals surface area (Å²) in [7, 11) is -8.04. The molecule has 4 aromatic carbocycles. The smallest absolute Gasteiger partial charge is 0.874 e. The Hall–Kier alpha value is -4.78. The molecule has 0 saturated heterocycles. The van der Waals surface area contributed by atoms with Gasteiger partial charge in [-0.05, 0) is 60.7 Å². The number of nitrogens with zero attached hydrogens (tertiary/aromatic N) is 4. The Balaban J connectivity index is 0.00000101. The quantitative estimate of drug-likeness (QED) is 0.0401. The van der Waals surface area contributed by atoms with Gasteiger partial charge in [0.15, 0.2) is 0 Å². The predicted molar refractivity (Wildman–Crippen MR) is 184 cm³/mol. The number of para-hydroxylation sites is 2. The minimum Gasteiger partial charge on any atom is -0.874 e. The Labute approximate surface area is 350 Å². The van der Waals surface area contributed by atoms with Crippen molar-refractivity contribution >= 4 is 54.6 Å². The third-order valence-corrected chi connectivity index (χ3v) is 8.05. The minimum absolute atomic E-state index is 0. The number of hydrogen-bond donors (Lipinski definition) is 6. The monoisotopic (exact) mass is 823 g/mol. The maximum atomic E-state index is 12.2. The maximum Gasteiger partial charge on any atom is 1.00 e. The van der Waals surface area contributed by atoms with Crippen LogP contribution in [0.4, 0.5) is 22.7 Å². The molecule has 55 heavy (non-hydrogen) atoms. The summed E-state index contributed by atoms with van der Waals surface area (Å²) in [6.45, 7) is 2.25. The number of primary sulfonamides is 2. The van der Waals surface area contributed by atoms with Crippen LogP contribution < -0.4 is 68.8 Å². The Bertz CT molecular complexity index is 2140. The third-order valence-electron chi connectivity index (χ3n) is 6.23. The van der Waals surface area contributed by atoms with E-state index in [-0.39, 0.29) is 75.7 Å². The van der Waals surface area contributed by atoms with Gasteiger partial charge in [-0.3, -0.25) is 9.59 Å². The minimum atomic E-state index is -4.02. The average Bonchev–Trinajstić information content (AvgIpc) is 3.06. The van der Waals surface area contributed by atoms with Crippen LogP contribution in [-0.4, -0.2) is 38.9 Å². The van der Waals surface area contributed by atoms with Crippen molar-refractivity contribution < 1.29 is 101 Å². The number of aromatic hydroxyl groups is 2. The van der Waals surface area contributed by atoms with Crippen molar-refractivity contribution in [1.29, 1.82) is 0 Å². The molecule has 0 aliphatic heterocycles. The van der Waals surface area contributed by atoms with Crippen LogP contribution in [0.3, 0.4) is 0 Å².